The summed E-state index contributed by atoms with van der Waals surface area (Å²) >= 11 is 0. The zero-order valence-electron chi connectivity index (χ0n) is 14.0. The van der Waals surface area contributed by atoms with Crippen LogP contribution in [0.2, 0.25) is 25.7 Å². The zero-order valence-corrected chi connectivity index (χ0v) is 15.0. The molecule has 114 valence electrons. The van der Waals surface area contributed by atoms with Gasteiger partial charge in [0.2, 0.25) is 0 Å². The van der Waals surface area contributed by atoms with Gasteiger partial charge in [-0.3, -0.25) is 4.79 Å². The molecule has 0 saturated heterocycles. The van der Waals surface area contributed by atoms with E-state index < -0.39 is 8.07 Å². The highest BCUT2D eigenvalue weighted by molar-refractivity contribution is 6.76. The molecule has 3 atom stereocenters. The maximum absolute atomic E-state index is 11.8. The maximum atomic E-state index is 11.8. The van der Waals surface area contributed by atoms with Gasteiger partial charge in [-0.25, -0.2) is 0 Å². The number of Topliss-reactive ketones (excluding diaryl/α,β-unsaturated/α-hetero) is 1. The standard InChI is InChI=1S/C18H32OSi/c1-14(7-8-15(2)13-20(4,5)6)9-10-17-11-16(3)12-18(17)19/h7-8,14,16-17H,2,9-13H2,1,3-6H3/b8-7+/t14-,16+,17?/m0/s1. The van der Waals surface area contributed by atoms with Crippen molar-refractivity contribution in [1.82, 2.24) is 0 Å². The fraction of sp³-hybridized carbons (Fsp3) is 0.722. The lowest BCUT2D eigenvalue weighted by Gasteiger charge is -2.16. The molecule has 0 aliphatic heterocycles. The van der Waals surface area contributed by atoms with Crippen LogP contribution in [-0.2, 0) is 4.79 Å². The summed E-state index contributed by atoms with van der Waals surface area (Å²) in [6.45, 7) is 15.7. The van der Waals surface area contributed by atoms with Gasteiger partial charge in [0.25, 0.3) is 0 Å². The molecular formula is C18H32OSi. The number of rotatable bonds is 7. The van der Waals surface area contributed by atoms with Crippen LogP contribution >= 0.6 is 0 Å². The first-order valence-corrected chi connectivity index (χ1v) is 11.8. The third kappa shape index (κ3) is 6.69. The van der Waals surface area contributed by atoms with Crippen LogP contribution in [0.5, 0.6) is 0 Å². The summed E-state index contributed by atoms with van der Waals surface area (Å²) in [6.07, 6.45) is 8.60. The molecule has 0 amide bonds. The molecule has 1 saturated carbocycles. The minimum atomic E-state index is -1.04. The molecule has 20 heavy (non-hydrogen) atoms. The van der Waals surface area contributed by atoms with Crippen LogP contribution < -0.4 is 0 Å². The van der Waals surface area contributed by atoms with Crippen molar-refractivity contribution in [3.63, 3.8) is 0 Å². The molecule has 0 radical (unpaired) electrons. The van der Waals surface area contributed by atoms with Gasteiger partial charge < -0.3 is 0 Å². The molecule has 0 aromatic rings. The molecule has 0 aromatic carbocycles. The topological polar surface area (TPSA) is 17.1 Å². The van der Waals surface area contributed by atoms with Crippen LogP contribution in [0.15, 0.2) is 24.3 Å². The Labute approximate surface area is 126 Å². The van der Waals surface area contributed by atoms with Crippen molar-refractivity contribution in [2.45, 2.75) is 65.2 Å². The lowest BCUT2D eigenvalue weighted by molar-refractivity contribution is -0.121. The van der Waals surface area contributed by atoms with Crippen LogP contribution in [0.4, 0.5) is 0 Å². The molecule has 0 heterocycles. The third-order valence-corrected chi connectivity index (χ3v) is 5.59. The van der Waals surface area contributed by atoms with E-state index in [-0.39, 0.29) is 0 Å². The molecular weight excluding hydrogens is 260 g/mol. The van der Waals surface area contributed by atoms with Gasteiger partial charge >= 0.3 is 0 Å². The van der Waals surface area contributed by atoms with Crippen LogP contribution in [0.3, 0.4) is 0 Å². The molecule has 1 fully saturated rings. The van der Waals surface area contributed by atoms with E-state index in [9.17, 15) is 4.79 Å². The van der Waals surface area contributed by atoms with Gasteiger partial charge in [0.05, 0.1) is 0 Å². The van der Waals surface area contributed by atoms with Gasteiger partial charge in [-0.15, -0.1) is 0 Å². The average molecular weight is 293 g/mol. The maximum Gasteiger partial charge on any atom is 0.136 e. The van der Waals surface area contributed by atoms with Crippen molar-refractivity contribution in [3.05, 3.63) is 24.3 Å². The summed E-state index contributed by atoms with van der Waals surface area (Å²) in [6, 6.07) is 1.18. The van der Waals surface area contributed by atoms with E-state index in [4.69, 9.17) is 0 Å². The lowest BCUT2D eigenvalue weighted by Crippen LogP contribution is -2.19. The highest BCUT2D eigenvalue weighted by Crippen LogP contribution is 2.31. The Morgan fingerprint density at radius 3 is 2.60 bits per heavy atom. The molecule has 0 spiro atoms. The normalized spacial score (nSPS) is 25.4. The smallest absolute Gasteiger partial charge is 0.136 e. The second kappa shape index (κ2) is 7.40. The summed E-state index contributed by atoms with van der Waals surface area (Å²) in [5.41, 5.74) is 1.27. The van der Waals surface area contributed by atoms with Gasteiger partial charge in [0.15, 0.2) is 0 Å². The van der Waals surface area contributed by atoms with Gasteiger partial charge in [0, 0.05) is 20.4 Å². The Kier molecular flexibility index (Phi) is 6.44. The van der Waals surface area contributed by atoms with Crippen LogP contribution in [0.1, 0.15) is 39.5 Å². The molecule has 1 aliphatic rings. The summed E-state index contributed by atoms with van der Waals surface area (Å²) in [5.74, 6) is 2.00. The summed E-state index contributed by atoms with van der Waals surface area (Å²) in [5, 5.41) is 0. The number of ketones is 1. The quantitative estimate of drug-likeness (QED) is 0.449. The van der Waals surface area contributed by atoms with E-state index in [1.54, 1.807) is 0 Å². The SMILES string of the molecule is C=C(/C=C/[C@H](C)CCC1C[C@@H](C)CC1=O)C[Si](C)(C)C. The van der Waals surface area contributed by atoms with Gasteiger partial charge in [-0.1, -0.05) is 57.8 Å². The van der Waals surface area contributed by atoms with E-state index in [0.29, 0.717) is 23.5 Å². The summed E-state index contributed by atoms with van der Waals surface area (Å²) in [4.78, 5) is 11.8. The number of hydrogen-bond donors (Lipinski definition) is 0. The minimum Gasteiger partial charge on any atom is -0.299 e. The predicted molar refractivity (Wildman–Crippen MR) is 91.7 cm³/mol. The molecule has 1 nitrogen and oxygen atoms in total. The van der Waals surface area contributed by atoms with Crippen molar-refractivity contribution in [2.75, 3.05) is 0 Å². The molecule has 1 unspecified atom stereocenters. The third-order valence-electron chi connectivity index (χ3n) is 4.08. The van der Waals surface area contributed by atoms with Gasteiger partial charge in [0.1, 0.15) is 5.78 Å². The fourth-order valence-corrected chi connectivity index (χ4v) is 4.57. The van der Waals surface area contributed by atoms with Crippen molar-refractivity contribution >= 4 is 13.9 Å². The van der Waals surface area contributed by atoms with Crippen molar-refractivity contribution in [3.8, 4) is 0 Å². The lowest BCUT2D eigenvalue weighted by atomic mass is 9.94. The average Bonchev–Trinajstić information content (AvgIpc) is 2.60. The minimum absolute atomic E-state index is 0.339. The Morgan fingerprint density at radius 1 is 1.45 bits per heavy atom. The Bertz CT molecular complexity index is 375. The molecule has 0 aromatic heterocycles. The summed E-state index contributed by atoms with van der Waals surface area (Å²) in [7, 11) is -1.04. The molecule has 2 heteroatoms. The van der Waals surface area contributed by atoms with Crippen LogP contribution in [0, 0.1) is 17.8 Å². The van der Waals surface area contributed by atoms with Crippen molar-refractivity contribution in [2.24, 2.45) is 17.8 Å². The number of carbonyl (C=O) groups is 1. The first-order chi connectivity index (χ1) is 9.17. The Balaban J connectivity index is 2.31. The predicted octanol–water partition coefficient (Wildman–Crippen LogP) is 5.47. The second-order valence-electron chi connectivity index (χ2n) is 8.02. The first-order valence-electron chi connectivity index (χ1n) is 8.06. The number of hydrogen-bond acceptors (Lipinski definition) is 1. The van der Waals surface area contributed by atoms with E-state index in [1.165, 1.54) is 11.6 Å². The Hall–Kier alpha value is -0.633. The zero-order chi connectivity index (χ0) is 15.3. The van der Waals surface area contributed by atoms with E-state index in [1.807, 2.05) is 0 Å². The molecule has 0 N–H and O–H groups in total. The molecule has 1 aliphatic carbocycles. The van der Waals surface area contributed by atoms with Gasteiger partial charge in [-0.05, 0) is 37.1 Å². The molecule has 1 rings (SSSR count). The van der Waals surface area contributed by atoms with E-state index in [2.05, 4.69) is 52.2 Å². The molecule has 0 bridgehead atoms. The van der Waals surface area contributed by atoms with E-state index in [0.717, 1.165) is 25.7 Å². The Morgan fingerprint density at radius 2 is 2.10 bits per heavy atom. The second-order valence-corrected chi connectivity index (χ2v) is 13.5. The first kappa shape index (κ1) is 17.4. The largest absolute Gasteiger partial charge is 0.299 e. The highest BCUT2D eigenvalue weighted by atomic mass is 28.3. The number of allylic oxidation sites excluding steroid dienone is 3. The highest BCUT2D eigenvalue weighted by Gasteiger charge is 2.29. The van der Waals surface area contributed by atoms with Crippen molar-refractivity contribution < 1.29 is 4.79 Å². The van der Waals surface area contributed by atoms with E-state index >= 15 is 0 Å². The number of carbonyl (C=O) groups excluding carboxylic acids is 1. The van der Waals surface area contributed by atoms with Crippen LogP contribution in [-0.4, -0.2) is 13.9 Å². The van der Waals surface area contributed by atoms with Crippen molar-refractivity contribution in [1.29, 1.82) is 0 Å². The summed E-state index contributed by atoms with van der Waals surface area (Å²) < 4.78 is 0. The monoisotopic (exact) mass is 292 g/mol. The fourth-order valence-electron chi connectivity index (χ4n) is 3.09. The van der Waals surface area contributed by atoms with Crippen LogP contribution in [0.25, 0.3) is 0 Å². The van der Waals surface area contributed by atoms with Gasteiger partial charge in [-0.2, -0.15) is 0 Å².